The zero-order chi connectivity index (χ0) is 19.9. The van der Waals surface area contributed by atoms with E-state index in [4.69, 9.17) is 11.6 Å². The molecule has 1 amide bonds. The zero-order valence-electron chi connectivity index (χ0n) is 16.2. The fourth-order valence-corrected chi connectivity index (χ4v) is 3.83. The van der Waals surface area contributed by atoms with Crippen LogP contribution in [0.3, 0.4) is 0 Å². The first-order valence-corrected chi connectivity index (χ1v) is 9.77. The number of carbonyl (C=O) groups is 1. The molecule has 0 radical (unpaired) electrons. The lowest BCUT2D eigenvalue weighted by Gasteiger charge is -2.41. The van der Waals surface area contributed by atoms with Crippen LogP contribution in [0.2, 0.25) is 5.02 Å². The van der Waals surface area contributed by atoms with E-state index >= 15 is 0 Å². The Labute approximate surface area is 170 Å². The van der Waals surface area contributed by atoms with Crippen LogP contribution >= 0.6 is 11.6 Å². The quantitative estimate of drug-likeness (QED) is 0.611. The number of halogens is 1. The molecule has 0 bridgehead atoms. The topological polar surface area (TPSA) is 51.0 Å². The van der Waals surface area contributed by atoms with E-state index in [0.717, 1.165) is 11.1 Å². The molecule has 0 aliphatic carbocycles. The van der Waals surface area contributed by atoms with Crippen molar-refractivity contribution in [2.45, 2.75) is 39.3 Å². The molecule has 4 rings (SSSR count). The van der Waals surface area contributed by atoms with Gasteiger partial charge in [0, 0.05) is 10.4 Å². The second kappa shape index (κ2) is 7.06. The van der Waals surface area contributed by atoms with Crippen LogP contribution in [0, 0.1) is 5.41 Å². The van der Waals surface area contributed by atoms with Gasteiger partial charge in [0.05, 0.1) is 12.1 Å². The van der Waals surface area contributed by atoms with Gasteiger partial charge in [0.25, 0.3) is 0 Å². The smallest absolute Gasteiger partial charge is 0.235 e. The van der Waals surface area contributed by atoms with Gasteiger partial charge in [0.2, 0.25) is 11.9 Å². The third-order valence-electron chi connectivity index (χ3n) is 5.12. The fraction of sp³-hybridized carbons (Fsp3) is 0.318. The Hall–Kier alpha value is -2.66. The molecule has 2 heterocycles. The summed E-state index contributed by atoms with van der Waals surface area (Å²) in [7, 11) is 0. The first kappa shape index (κ1) is 18.7. The van der Waals surface area contributed by atoms with Crippen molar-refractivity contribution in [1.82, 2.24) is 14.8 Å². The molecular formula is C22H23ClN4O. The molecule has 5 nitrogen and oxygen atoms in total. The van der Waals surface area contributed by atoms with Crippen LogP contribution in [0.25, 0.3) is 0 Å². The van der Waals surface area contributed by atoms with Crippen LogP contribution in [0.15, 0.2) is 60.9 Å². The number of aromatic nitrogens is 3. The number of fused-ring (bicyclic) bond motifs is 1. The molecule has 0 saturated carbocycles. The lowest BCUT2D eigenvalue weighted by molar-refractivity contribution is -0.126. The van der Waals surface area contributed by atoms with Crippen LogP contribution in [-0.2, 0) is 4.79 Å². The van der Waals surface area contributed by atoms with Gasteiger partial charge in [-0.15, -0.1) is 0 Å². The Morgan fingerprint density at radius 3 is 2.29 bits per heavy atom. The van der Waals surface area contributed by atoms with Gasteiger partial charge in [-0.05, 0) is 29.7 Å². The van der Waals surface area contributed by atoms with Crippen molar-refractivity contribution in [1.29, 1.82) is 0 Å². The van der Waals surface area contributed by atoms with Crippen LogP contribution in [0.1, 0.15) is 50.4 Å². The van der Waals surface area contributed by atoms with E-state index < -0.39 is 5.41 Å². The molecule has 1 aliphatic rings. The molecule has 2 atom stereocenters. The zero-order valence-corrected chi connectivity index (χ0v) is 17.0. The molecule has 0 unspecified atom stereocenters. The Morgan fingerprint density at radius 1 is 1.00 bits per heavy atom. The molecule has 1 aromatic heterocycles. The maximum Gasteiger partial charge on any atom is 0.235 e. The molecule has 144 valence electrons. The van der Waals surface area contributed by atoms with Crippen LogP contribution in [0.4, 0.5) is 5.95 Å². The van der Waals surface area contributed by atoms with Gasteiger partial charge in [-0.3, -0.25) is 9.69 Å². The van der Waals surface area contributed by atoms with E-state index in [1.807, 2.05) is 72.8 Å². The summed E-state index contributed by atoms with van der Waals surface area (Å²) >= 11 is 6.08. The van der Waals surface area contributed by atoms with Gasteiger partial charge >= 0.3 is 0 Å². The minimum atomic E-state index is -0.531. The van der Waals surface area contributed by atoms with Gasteiger partial charge in [0.1, 0.15) is 6.33 Å². The van der Waals surface area contributed by atoms with Gasteiger partial charge in [-0.25, -0.2) is 4.68 Å². The first-order chi connectivity index (χ1) is 13.4. The number of hydrogen-bond donors (Lipinski definition) is 0. The van der Waals surface area contributed by atoms with Crippen LogP contribution in [0.5, 0.6) is 0 Å². The largest absolute Gasteiger partial charge is 0.274 e. The van der Waals surface area contributed by atoms with Crippen molar-refractivity contribution >= 4 is 23.5 Å². The summed E-state index contributed by atoms with van der Waals surface area (Å²) in [6.07, 6.45) is 2.23. The van der Waals surface area contributed by atoms with Crippen molar-refractivity contribution in [3.63, 3.8) is 0 Å². The average Bonchev–Trinajstić information content (AvgIpc) is 3.16. The number of nitrogens with zero attached hydrogens (tertiary/aromatic N) is 4. The Balaban J connectivity index is 1.86. The minimum Gasteiger partial charge on any atom is -0.274 e. The maximum atomic E-state index is 13.4. The summed E-state index contributed by atoms with van der Waals surface area (Å²) in [4.78, 5) is 19.7. The molecule has 3 aromatic rings. The summed E-state index contributed by atoms with van der Waals surface area (Å²) < 4.78 is 1.85. The summed E-state index contributed by atoms with van der Waals surface area (Å²) in [5.41, 5.74) is 1.66. The van der Waals surface area contributed by atoms with Gasteiger partial charge < -0.3 is 0 Å². The monoisotopic (exact) mass is 394 g/mol. The highest BCUT2D eigenvalue weighted by Gasteiger charge is 2.42. The number of carbonyl (C=O) groups excluding carboxylic acids is 1. The second-order valence-corrected chi connectivity index (χ2v) is 8.60. The number of rotatable bonds is 2. The predicted molar refractivity (Wildman–Crippen MR) is 110 cm³/mol. The molecule has 2 aromatic carbocycles. The van der Waals surface area contributed by atoms with E-state index in [0.29, 0.717) is 17.4 Å². The number of benzene rings is 2. The van der Waals surface area contributed by atoms with E-state index in [2.05, 4.69) is 22.2 Å². The Bertz CT molecular complexity index is 976. The molecule has 6 heteroatoms. The van der Waals surface area contributed by atoms with Crippen molar-refractivity contribution in [3.8, 4) is 0 Å². The van der Waals surface area contributed by atoms with Crippen LogP contribution < -0.4 is 4.90 Å². The van der Waals surface area contributed by atoms with E-state index in [1.165, 1.54) is 6.33 Å². The molecule has 0 fully saturated rings. The molecule has 0 N–H and O–H groups in total. The SMILES string of the molecule is CC(C)(C)C(=O)N1c2ncnn2[C@H](c2ccc(Cl)cc2)C[C@@H]1c1ccccc1. The van der Waals surface area contributed by atoms with Gasteiger partial charge in [-0.1, -0.05) is 74.8 Å². The second-order valence-electron chi connectivity index (χ2n) is 8.16. The van der Waals surface area contributed by atoms with Crippen LogP contribution in [-0.4, -0.2) is 20.7 Å². The summed E-state index contributed by atoms with van der Waals surface area (Å²) in [6, 6.07) is 17.8. The van der Waals surface area contributed by atoms with Crippen molar-refractivity contribution in [3.05, 3.63) is 77.1 Å². The number of hydrogen-bond acceptors (Lipinski definition) is 3. The van der Waals surface area contributed by atoms with E-state index in [1.54, 1.807) is 0 Å². The standard InChI is InChI=1S/C22H23ClN4O/c1-22(2,3)20(28)26-18(15-7-5-4-6-8-15)13-19(27-21(26)24-14-25-27)16-9-11-17(23)12-10-16/h4-12,14,18-19H,13H2,1-3H3/t18-,19+/m1/s1. The minimum absolute atomic E-state index is 0.0241. The highest BCUT2D eigenvalue weighted by molar-refractivity contribution is 6.30. The Kier molecular flexibility index (Phi) is 4.71. The summed E-state index contributed by atoms with van der Waals surface area (Å²) in [5, 5.41) is 5.16. The van der Waals surface area contributed by atoms with E-state index in [-0.39, 0.29) is 18.0 Å². The third kappa shape index (κ3) is 3.31. The predicted octanol–water partition coefficient (Wildman–Crippen LogP) is 5.05. The first-order valence-electron chi connectivity index (χ1n) is 9.40. The lowest BCUT2D eigenvalue weighted by atomic mass is 9.88. The molecule has 28 heavy (non-hydrogen) atoms. The van der Waals surface area contributed by atoms with Crippen molar-refractivity contribution in [2.75, 3.05) is 4.90 Å². The molecule has 0 spiro atoms. The molecule has 0 saturated heterocycles. The molecular weight excluding hydrogens is 372 g/mol. The highest BCUT2D eigenvalue weighted by atomic mass is 35.5. The third-order valence-corrected chi connectivity index (χ3v) is 5.37. The normalized spacial score (nSPS) is 19.4. The lowest BCUT2D eigenvalue weighted by Crippen LogP contribution is -2.47. The highest BCUT2D eigenvalue weighted by Crippen LogP contribution is 2.43. The van der Waals surface area contributed by atoms with E-state index in [9.17, 15) is 4.79 Å². The van der Waals surface area contributed by atoms with Gasteiger partial charge in [0.15, 0.2) is 0 Å². The summed E-state index contributed by atoms with van der Waals surface area (Å²) in [5.74, 6) is 0.616. The van der Waals surface area contributed by atoms with Crippen molar-refractivity contribution < 1.29 is 4.79 Å². The van der Waals surface area contributed by atoms with Gasteiger partial charge in [-0.2, -0.15) is 10.1 Å². The van der Waals surface area contributed by atoms with Crippen molar-refractivity contribution in [2.24, 2.45) is 5.41 Å². The fourth-order valence-electron chi connectivity index (χ4n) is 3.71. The number of amides is 1. The maximum absolute atomic E-state index is 13.4. The molecule has 1 aliphatic heterocycles. The Morgan fingerprint density at radius 2 is 1.64 bits per heavy atom. The summed E-state index contributed by atoms with van der Waals surface area (Å²) in [6.45, 7) is 5.80. The number of anilines is 1. The average molecular weight is 395 g/mol.